The Kier molecular flexibility index (Phi) is 4.82. The molecule has 4 aromatic rings. The van der Waals surface area contributed by atoms with Crippen molar-refractivity contribution in [2.45, 2.75) is 6.61 Å². The van der Waals surface area contributed by atoms with Crippen LogP contribution in [0, 0.1) is 0 Å². The van der Waals surface area contributed by atoms with E-state index in [1.165, 1.54) is 11.3 Å². The maximum atomic E-state index is 12.1. The van der Waals surface area contributed by atoms with Gasteiger partial charge in [0.2, 0.25) is 4.96 Å². The lowest BCUT2D eigenvalue weighted by atomic mass is 10.1. The maximum Gasteiger partial charge on any atom is 0.290 e. The fraction of sp³-hybridized carbons (Fsp3) is 0.0476. The first-order chi connectivity index (χ1) is 14.7. The van der Waals surface area contributed by atoms with Crippen molar-refractivity contribution in [3.05, 3.63) is 76.3 Å². The Balaban J connectivity index is 1.55. The summed E-state index contributed by atoms with van der Waals surface area (Å²) in [5.74, 6) is 0.344. The minimum atomic E-state index is -0.415. The van der Waals surface area contributed by atoms with E-state index in [0.29, 0.717) is 27.9 Å². The molecule has 0 spiro atoms. The lowest BCUT2D eigenvalue weighted by Gasteiger charge is -2.03. The first-order valence-corrected chi connectivity index (χ1v) is 10.7. The van der Waals surface area contributed by atoms with Crippen LogP contribution in [0.1, 0.15) is 10.7 Å². The van der Waals surface area contributed by atoms with Gasteiger partial charge in [-0.2, -0.15) is 5.10 Å². The molecule has 0 aliphatic carbocycles. The zero-order valence-electron chi connectivity index (χ0n) is 15.4. The quantitative estimate of drug-likeness (QED) is 0.470. The van der Waals surface area contributed by atoms with E-state index >= 15 is 0 Å². The number of nitrogens with zero attached hydrogens (tertiary/aromatic N) is 3. The molecule has 0 unspecified atom stereocenters. The number of benzene rings is 2. The molecule has 7 nitrogen and oxygen atoms in total. The molecule has 1 saturated heterocycles. The highest BCUT2D eigenvalue weighted by Gasteiger charge is 2.27. The zero-order valence-corrected chi connectivity index (χ0v) is 17.1. The smallest absolute Gasteiger partial charge is 0.290 e. The minimum absolute atomic E-state index is 0.308. The maximum absolute atomic E-state index is 12.1. The van der Waals surface area contributed by atoms with Crippen LogP contribution in [0.3, 0.4) is 0 Å². The van der Waals surface area contributed by atoms with Gasteiger partial charge in [-0.25, -0.2) is 9.50 Å². The highest BCUT2D eigenvalue weighted by atomic mass is 32.2. The number of para-hydroxylation sites is 1. The molecule has 5 rings (SSSR count). The van der Waals surface area contributed by atoms with Gasteiger partial charge in [0.1, 0.15) is 12.4 Å². The molecule has 1 aliphatic heterocycles. The van der Waals surface area contributed by atoms with Crippen LogP contribution in [0.5, 0.6) is 5.75 Å². The van der Waals surface area contributed by atoms with E-state index in [1.54, 1.807) is 10.6 Å². The van der Waals surface area contributed by atoms with Gasteiger partial charge >= 0.3 is 0 Å². The van der Waals surface area contributed by atoms with Gasteiger partial charge in [0.15, 0.2) is 5.01 Å². The molecular formula is C21H14N4O3S2. The molecule has 9 heteroatoms. The van der Waals surface area contributed by atoms with Gasteiger partial charge in [0.05, 0.1) is 16.3 Å². The molecule has 2 aromatic heterocycles. The number of rotatable bonds is 5. The topological polar surface area (TPSA) is 85.6 Å². The van der Waals surface area contributed by atoms with E-state index in [9.17, 15) is 9.59 Å². The summed E-state index contributed by atoms with van der Waals surface area (Å²) in [7, 11) is 0. The van der Waals surface area contributed by atoms with Crippen LogP contribution in [-0.4, -0.2) is 25.7 Å². The summed E-state index contributed by atoms with van der Waals surface area (Å²) < 4.78 is 7.48. The average Bonchev–Trinajstić information content (AvgIpc) is 3.41. The number of hydrogen-bond donors (Lipinski definition) is 1. The summed E-state index contributed by atoms with van der Waals surface area (Å²) in [6.45, 7) is 0.308. The molecule has 148 valence electrons. The molecule has 0 atom stereocenters. The summed E-state index contributed by atoms with van der Waals surface area (Å²) >= 11 is 2.29. The number of carbonyl (C=O) groups excluding carboxylic acids is 2. The SMILES string of the molecule is O=C1NC(=O)/C(=C/c2c(-c3ccccc3)nc3sc(COc4ccccc4)nn23)S1. The Bertz CT molecular complexity index is 1280. The summed E-state index contributed by atoms with van der Waals surface area (Å²) in [5.41, 5.74) is 2.25. The molecule has 0 saturated carbocycles. The van der Waals surface area contributed by atoms with Crippen molar-refractivity contribution in [1.82, 2.24) is 19.9 Å². The largest absolute Gasteiger partial charge is 0.486 e. The highest BCUT2D eigenvalue weighted by Crippen LogP contribution is 2.32. The Hall–Kier alpha value is -3.43. The van der Waals surface area contributed by atoms with Crippen molar-refractivity contribution in [3.63, 3.8) is 0 Å². The second kappa shape index (κ2) is 7.77. The van der Waals surface area contributed by atoms with Crippen LogP contribution in [-0.2, 0) is 11.4 Å². The number of aromatic nitrogens is 3. The molecule has 0 radical (unpaired) electrons. The number of carbonyl (C=O) groups is 2. The van der Waals surface area contributed by atoms with Crippen molar-refractivity contribution in [2.24, 2.45) is 0 Å². The van der Waals surface area contributed by atoms with Crippen LogP contribution >= 0.6 is 23.1 Å². The van der Waals surface area contributed by atoms with Gasteiger partial charge in [0, 0.05) is 5.56 Å². The van der Waals surface area contributed by atoms with Crippen LogP contribution in [0.2, 0.25) is 0 Å². The molecule has 1 aliphatic rings. The minimum Gasteiger partial charge on any atom is -0.486 e. The number of thioether (sulfide) groups is 1. The Morgan fingerprint density at radius 1 is 1.03 bits per heavy atom. The van der Waals surface area contributed by atoms with E-state index < -0.39 is 5.91 Å². The van der Waals surface area contributed by atoms with Crippen molar-refractivity contribution in [3.8, 4) is 17.0 Å². The van der Waals surface area contributed by atoms with Crippen molar-refractivity contribution < 1.29 is 14.3 Å². The Labute approximate surface area is 179 Å². The van der Waals surface area contributed by atoms with Crippen molar-refractivity contribution in [2.75, 3.05) is 0 Å². The summed E-state index contributed by atoms with van der Waals surface area (Å²) in [6.07, 6.45) is 1.66. The van der Waals surface area contributed by atoms with E-state index in [2.05, 4.69) is 10.4 Å². The van der Waals surface area contributed by atoms with Crippen molar-refractivity contribution >= 4 is 45.3 Å². The molecule has 2 amide bonds. The van der Waals surface area contributed by atoms with E-state index in [0.717, 1.165) is 28.1 Å². The number of amides is 2. The fourth-order valence-electron chi connectivity index (χ4n) is 3.01. The molecule has 0 bridgehead atoms. The third-order valence-corrected chi connectivity index (χ3v) is 6.04. The van der Waals surface area contributed by atoms with Gasteiger partial charge < -0.3 is 4.74 Å². The first-order valence-electron chi connectivity index (χ1n) is 9.04. The summed E-state index contributed by atoms with van der Waals surface area (Å²) in [5, 5.41) is 7.28. The standard InChI is InChI=1S/C21H14N4O3S2/c26-19-16(29-21(27)23-19)11-15-18(13-7-3-1-4-8-13)22-20-25(15)24-17(30-20)12-28-14-9-5-2-6-10-14/h1-11H,12H2,(H,23,26,27)/b16-11-. The molecule has 30 heavy (non-hydrogen) atoms. The van der Waals surface area contributed by atoms with Crippen molar-refractivity contribution in [1.29, 1.82) is 0 Å². The third kappa shape index (κ3) is 3.60. The predicted octanol–water partition coefficient (Wildman–Crippen LogP) is 4.36. The first kappa shape index (κ1) is 18.6. The highest BCUT2D eigenvalue weighted by molar-refractivity contribution is 8.18. The van der Waals surface area contributed by atoms with Crippen LogP contribution in [0.25, 0.3) is 22.3 Å². The number of ether oxygens (including phenoxy) is 1. The number of nitrogens with one attached hydrogen (secondary N) is 1. The lowest BCUT2D eigenvalue weighted by molar-refractivity contribution is -0.115. The van der Waals surface area contributed by atoms with Crippen LogP contribution in [0.15, 0.2) is 65.6 Å². The van der Waals surface area contributed by atoms with E-state index in [-0.39, 0.29) is 5.24 Å². The molecule has 2 aromatic carbocycles. The zero-order chi connectivity index (χ0) is 20.5. The van der Waals surface area contributed by atoms with Gasteiger partial charge in [-0.05, 0) is 30.0 Å². The number of fused-ring (bicyclic) bond motifs is 1. The van der Waals surface area contributed by atoms with Gasteiger partial charge in [-0.15, -0.1) is 0 Å². The number of imide groups is 1. The lowest BCUT2D eigenvalue weighted by Crippen LogP contribution is -2.17. The van der Waals surface area contributed by atoms with Gasteiger partial charge in [-0.3, -0.25) is 14.9 Å². The third-order valence-electron chi connectivity index (χ3n) is 4.34. The number of hydrogen-bond acceptors (Lipinski definition) is 7. The van der Waals surface area contributed by atoms with E-state index in [4.69, 9.17) is 9.72 Å². The normalized spacial score (nSPS) is 15.1. The monoisotopic (exact) mass is 434 g/mol. The molecule has 1 fully saturated rings. The average molecular weight is 435 g/mol. The van der Waals surface area contributed by atoms with Gasteiger partial charge in [0.25, 0.3) is 11.1 Å². The van der Waals surface area contributed by atoms with Crippen LogP contribution in [0.4, 0.5) is 4.79 Å². The van der Waals surface area contributed by atoms with Gasteiger partial charge in [-0.1, -0.05) is 59.9 Å². The fourth-order valence-corrected chi connectivity index (χ4v) is 4.48. The number of imidazole rings is 1. The van der Waals surface area contributed by atoms with Crippen LogP contribution < -0.4 is 10.1 Å². The van der Waals surface area contributed by atoms with E-state index in [1.807, 2.05) is 60.7 Å². The molecule has 3 heterocycles. The summed E-state index contributed by atoms with van der Waals surface area (Å²) in [4.78, 5) is 29.4. The Morgan fingerprint density at radius 3 is 2.47 bits per heavy atom. The molecule has 1 N–H and O–H groups in total. The second-order valence-corrected chi connectivity index (χ2v) is 8.41. The molecular weight excluding hydrogens is 420 g/mol. The predicted molar refractivity (Wildman–Crippen MR) is 116 cm³/mol. The second-order valence-electron chi connectivity index (χ2n) is 6.36. The Morgan fingerprint density at radius 2 is 1.77 bits per heavy atom. The summed E-state index contributed by atoms with van der Waals surface area (Å²) in [6, 6.07) is 19.2.